The van der Waals surface area contributed by atoms with E-state index in [0.717, 1.165) is 16.7 Å². The molecule has 0 spiro atoms. The lowest BCUT2D eigenvalue weighted by atomic mass is 9.73. The molecule has 4 atom stereocenters. The number of carbonyl (C=O) groups excluding carboxylic acids is 1. The molecule has 0 bridgehead atoms. The maximum atomic E-state index is 13.0. The summed E-state index contributed by atoms with van der Waals surface area (Å²) in [7, 11) is 0. The van der Waals surface area contributed by atoms with E-state index in [9.17, 15) is 9.90 Å². The van der Waals surface area contributed by atoms with E-state index in [-0.39, 0.29) is 6.61 Å². The zero-order chi connectivity index (χ0) is 23.4. The number of hydrogen-bond acceptors (Lipinski definition) is 6. The number of aliphatic hydroxyl groups excluding tert-OH is 1. The minimum absolute atomic E-state index is 0.200. The second-order valence-corrected chi connectivity index (χ2v) is 9.23. The number of fused-ring (bicyclic) bond motifs is 3. The van der Waals surface area contributed by atoms with Gasteiger partial charge in [0.2, 0.25) is 0 Å². The monoisotopic (exact) mass is 483 g/mol. The van der Waals surface area contributed by atoms with E-state index in [2.05, 4.69) is 5.32 Å². The lowest BCUT2D eigenvalue weighted by Gasteiger charge is -2.45. The molecule has 0 aliphatic carbocycles. The topological polar surface area (TPSA) is 74.2 Å². The number of aliphatic hydroxyl groups is 1. The number of amidine groups is 1. The van der Waals surface area contributed by atoms with Gasteiger partial charge < -0.3 is 14.7 Å². The van der Waals surface area contributed by atoms with Gasteiger partial charge in [-0.2, -0.15) is 0 Å². The molecule has 5 rings (SSSR count). The van der Waals surface area contributed by atoms with Gasteiger partial charge in [-0.15, -0.1) is 0 Å². The quantitative estimate of drug-likeness (QED) is 0.639. The first-order valence-corrected chi connectivity index (χ1v) is 11.5. The normalized spacial score (nSPS) is 29.9. The van der Waals surface area contributed by atoms with Crippen LogP contribution in [0.5, 0.6) is 0 Å². The summed E-state index contributed by atoms with van der Waals surface area (Å²) in [6.07, 6.45) is 4.62. The number of aliphatic imine (C=N–C) groups is 1. The van der Waals surface area contributed by atoms with E-state index in [1.807, 2.05) is 54.4 Å². The maximum absolute atomic E-state index is 13.0. The summed E-state index contributed by atoms with van der Waals surface area (Å²) < 4.78 is 5.32. The summed E-state index contributed by atoms with van der Waals surface area (Å²) in [4.78, 5) is 20.1. The molecule has 2 N–H and O–H groups in total. The smallest absolute Gasteiger partial charge is 0.326 e. The summed E-state index contributed by atoms with van der Waals surface area (Å²) in [5, 5.41) is 16.4. The largest absolute Gasteiger partial charge is 0.465 e. The summed E-state index contributed by atoms with van der Waals surface area (Å²) in [6.45, 7) is 3.92. The Morgan fingerprint density at radius 3 is 2.30 bits per heavy atom. The van der Waals surface area contributed by atoms with Gasteiger partial charge in [0.25, 0.3) is 0 Å². The van der Waals surface area contributed by atoms with Crippen molar-refractivity contribution in [1.82, 2.24) is 10.2 Å². The second-order valence-electron chi connectivity index (χ2n) is 8.36. The third kappa shape index (κ3) is 3.09. The molecule has 1 fully saturated rings. The summed E-state index contributed by atoms with van der Waals surface area (Å²) >= 11 is 12.4. The van der Waals surface area contributed by atoms with E-state index in [1.165, 1.54) is 0 Å². The van der Waals surface area contributed by atoms with E-state index >= 15 is 0 Å². The van der Waals surface area contributed by atoms with Gasteiger partial charge in [0, 0.05) is 16.2 Å². The minimum atomic E-state index is -1.27. The van der Waals surface area contributed by atoms with Gasteiger partial charge in [-0.05, 0) is 60.9 Å². The van der Waals surface area contributed by atoms with Crippen molar-refractivity contribution in [3.05, 3.63) is 93.6 Å². The van der Waals surface area contributed by atoms with Gasteiger partial charge in [0.1, 0.15) is 18.0 Å². The molecule has 0 saturated carbocycles. The van der Waals surface area contributed by atoms with Crippen LogP contribution in [0.2, 0.25) is 10.0 Å². The minimum Gasteiger partial charge on any atom is -0.465 e. The number of carbonyl (C=O) groups is 1. The van der Waals surface area contributed by atoms with Crippen molar-refractivity contribution >= 4 is 35.0 Å². The molecule has 170 valence electrons. The molecule has 0 aromatic heterocycles. The van der Waals surface area contributed by atoms with Crippen LogP contribution in [0.25, 0.3) is 0 Å². The van der Waals surface area contributed by atoms with Crippen LogP contribution in [-0.2, 0) is 20.7 Å². The zero-order valence-corrected chi connectivity index (χ0v) is 19.6. The molecule has 3 aliphatic rings. The molecule has 3 heterocycles. The van der Waals surface area contributed by atoms with Crippen LogP contribution in [0.15, 0.2) is 77.4 Å². The molecule has 2 aromatic rings. The zero-order valence-electron chi connectivity index (χ0n) is 18.1. The molecule has 0 unspecified atom stereocenters. The first kappa shape index (κ1) is 22.2. The van der Waals surface area contributed by atoms with E-state index in [0.29, 0.717) is 15.9 Å². The van der Waals surface area contributed by atoms with E-state index < -0.39 is 29.3 Å². The van der Waals surface area contributed by atoms with Crippen LogP contribution in [0.3, 0.4) is 0 Å². The highest BCUT2D eigenvalue weighted by Gasteiger charge is 2.73. The van der Waals surface area contributed by atoms with Crippen molar-refractivity contribution in [2.75, 3.05) is 6.61 Å². The number of nitrogens with zero attached hydrogens (tertiary/aromatic N) is 2. The van der Waals surface area contributed by atoms with E-state index in [1.54, 1.807) is 31.2 Å². The number of rotatable bonds is 4. The molecular formula is C25H23Cl2N3O3. The Bertz CT molecular complexity index is 1190. The first-order chi connectivity index (χ1) is 15.8. The highest BCUT2D eigenvalue weighted by molar-refractivity contribution is 6.30. The fourth-order valence-corrected chi connectivity index (χ4v) is 5.36. The Morgan fingerprint density at radius 2 is 1.70 bits per heavy atom. The molecule has 2 aromatic carbocycles. The Kier molecular flexibility index (Phi) is 5.37. The highest BCUT2D eigenvalue weighted by atomic mass is 35.5. The van der Waals surface area contributed by atoms with Gasteiger partial charge >= 0.3 is 5.97 Å². The average molecular weight is 484 g/mol. The van der Waals surface area contributed by atoms with Gasteiger partial charge in [-0.3, -0.25) is 10.1 Å². The number of hydrogen-bond donors (Lipinski definition) is 2. The van der Waals surface area contributed by atoms with Crippen LogP contribution >= 0.6 is 23.2 Å². The molecule has 0 amide bonds. The Labute approximate surface area is 202 Å². The first-order valence-electron chi connectivity index (χ1n) is 10.7. The van der Waals surface area contributed by atoms with Gasteiger partial charge in [-0.25, -0.2) is 4.99 Å². The number of esters is 1. The summed E-state index contributed by atoms with van der Waals surface area (Å²) in [5.41, 5.74) is 0.124. The average Bonchev–Trinajstić information content (AvgIpc) is 3.23. The van der Waals surface area contributed by atoms with Crippen molar-refractivity contribution in [2.24, 2.45) is 4.99 Å². The maximum Gasteiger partial charge on any atom is 0.326 e. The third-order valence-corrected chi connectivity index (χ3v) is 6.98. The van der Waals surface area contributed by atoms with Crippen molar-refractivity contribution in [3.8, 4) is 0 Å². The standard InChI is InChI=1S/C25H23Cl2N3O3/c1-3-33-23(32)21-22(31)24(16-5-9-18(26)10-6-16)25(29-21,17-7-11-19(27)12-8-17)30-14-15(2)4-13-20(30)28-24/h4-14,21-22,29,31H,3H2,1-2H3/t21-,22+,24+,25-/m0/s1. The predicted molar refractivity (Wildman–Crippen MR) is 128 cm³/mol. The van der Waals surface area contributed by atoms with Gasteiger partial charge in [0.15, 0.2) is 11.2 Å². The van der Waals surface area contributed by atoms with Crippen LogP contribution in [-0.4, -0.2) is 40.6 Å². The molecule has 8 heteroatoms. The molecular weight excluding hydrogens is 461 g/mol. The lowest BCUT2D eigenvalue weighted by Crippen LogP contribution is -2.59. The number of ether oxygens (including phenoxy) is 1. The van der Waals surface area contributed by atoms with Gasteiger partial charge in [0.05, 0.1) is 6.61 Å². The number of benzene rings is 2. The molecule has 0 radical (unpaired) electrons. The highest BCUT2D eigenvalue weighted by Crippen LogP contribution is 2.58. The van der Waals surface area contributed by atoms with Crippen LogP contribution in [0.1, 0.15) is 25.0 Å². The third-order valence-electron chi connectivity index (χ3n) is 6.47. The van der Waals surface area contributed by atoms with Crippen molar-refractivity contribution < 1.29 is 14.6 Å². The lowest BCUT2D eigenvalue weighted by molar-refractivity contribution is -0.148. The number of nitrogens with one attached hydrogen (secondary N) is 1. The number of allylic oxidation sites excluding steroid dienone is 2. The molecule has 33 heavy (non-hydrogen) atoms. The Hall–Kier alpha value is -2.64. The van der Waals surface area contributed by atoms with Gasteiger partial charge in [-0.1, -0.05) is 53.5 Å². The van der Waals surface area contributed by atoms with Crippen LogP contribution in [0.4, 0.5) is 0 Å². The van der Waals surface area contributed by atoms with Crippen LogP contribution in [0, 0.1) is 0 Å². The molecule has 3 aliphatic heterocycles. The fourth-order valence-electron chi connectivity index (χ4n) is 5.11. The Morgan fingerprint density at radius 1 is 1.09 bits per heavy atom. The molecule has 6 nitrogen and oxygen atoms in total. The predicted octanol–water partition coefficient (Wildman–Crippen LogP) is 4.13. The summed E-state index contributed by atoms with van der Waals surface area (Å²) in [5.74, 6) is 0.130. The molecule has 1 saturated heterocycles. The second kappa shape index (κ2) is 7.99. The van der Waals surface area contributed by atoms with Crippen molar-refractivity contribution in [3.63, 3.8) is 0 Å². The Balaban J connectivity index is 1.83. The van der Waals surface area contributed by atoms with E-state index in [4.69, 9.17) is 32.9 Å². The SMILES string of the molecule is CCOC(=O)[C@H]1N[C@@]2(c3ccc(Cl)cc3)N3C=C(C)C=CC3=N[C@]2(c2ccc(Cl)cc2)[C@@H]1O. The number of halogens is 2. The van der Waals surface area contributed by atoms with Crippen molar-refractivity contribution in [1.29, 1.82) is 0 Å². The van der Waals surface area contributed by atoms with Crippen molar-refractivity contribution in [2.45, 2.75) is 37.2 Å². The fraction of sp³-hybridized carbons (Fsp3) is 0.280. The van der Waals surface area contributed by atoms with Crippen LogP contribution < -0.4 is 5.32 Å². The summed E-state index contributed by atoms with van der Waals surface area (Å²) in [6, 6.07) is 13.6.